The Morgan fingerprint density at radius 2 is 2.00 bits per heavy atom. The second-order valence-corrected chi connectivity index (χ2v) is 6.01. The van der Waals surface area contributed by atoms with Crippen LogP contribution in [0.15, 0.2) is 36.5 Å². The molecule has 0 bridgehead atoms. The van der Waals surface area contributed by atoms with Crippen molar-refractivity contribution in [1.29, 1.82) is 0 Å². The van der Waals surface area contributed by atoms with Crippen molar-refractivity contribution in [3.8, 4) is 0 Å². The number of aromatic nitrogens is 2. The summed E-state index contributed by atoms with van der Waals surface area (Å²) in [5.74, 6) is -2.01. The lowest BCUT2D eigenvalue weighted by Crippen LogP contribution is -2.39. The number of carbonyl (C=O) groups is 2. The number of alkyl halides is 3. The van der Waals surface area contributed by atoms with E-state index in [4.69, 9.17) is 16.3 Å². The molecule has 2 atom stereocenters. The minimum absolute atomic E-state index is 0.0461. The van der Waals surface area contributed by atoms with E-state index in [0.717, 1.165) is 6.20 Å². The minimum Gasteiger partial charge on any atom is -0.434 e. The zero-order chi connectivity index (χ0) is 19.6. The van der Waals surface area contributed by atoms with Crippen LogP contribution in [0.1, 0.15) is 23.1 Å². The Labute approximate surface area is 155 Å². The van der Waals surface area contributed by atoms with Gasteiger partial charge >= 0.3 is 12.3 Å². The van der Waals surface area contributed by atoms with Gasteiger partial charge in [0.05, 0.1) is 18.3 Å². The zero-order valence-corrected chi connectivity index (χ0v) is 14.2. The summed E-state index contributed by atoms with van der Waals surface area (Å²) in [5.41, 5.74) is 0.363. The summed E-state index contributed by atoms with van der Waals surface area (Å²) < 4.78 is 43.6. The lowest BCUT2D eigenvalue weighted by Gasteiger charge is -2.21. The number of benzene rings is 1. The van der Waals surface area contributed by atoms with E-state index in [1.165, 1.54) is 18.2 Å². The average Bonchev–Trinajstić information content (AvgIpc) is 3.06. The summed E-state index contributed by atoms with van der Waals surface area (Å²) in [7, 11) is 0. The van der Waals surface area contributed by atoms with Crippen molar-refractivity contribution in [2.45, 2.75) is 18.3 Å². The molecule has 3 rings (SSSR count). The molecule has 1 aromatic carbocycles. The molecule has 11 heteroatoms. The number of nitrogens with zero attached hydrogens (tertiary/aromatic N) is 2. The highest BCUT2D eigenvalue weighted by Gasteiger charge is 2.36. The Hall–Kier alpha value is -2.88. The van der Waals surface area contributed by atoms with Gasteiger partial charge in [-0.05, 0) is 23.8 Å². The largest absolute Gasteiger partial charge is 0.451 e. The van der Waals surface area contributed by atoms with Crippen LogP contribution in [0, 0.1) is 0 Å². The van der Waals surface area contributed by atoms with Crippen molar-refractivity contribution in [2.24, 2.45) is 0 Å². The number of halogens is 4. The second kappa shape index (κ2) is 7.39. The van der Waals surface area contributed by atoms with Gasteiger partial charge in [0.15, 0.2) is 6.10 Å². The molecule has 0 aliphatic carbocycles. The quantitative estimate of drug-likeness (QED) is 0.822. The molecule has 27 heavy (non-hydrogen) atoms. The van der Waals surface area contributed by atoms with E-state index in [2.05, 4.69) is 20.6 Å². The maximum Gasteiger partial charge on any atom is 0.451 e. The fourth-order valence-electron chi connectivity index (χ4n) is 2.42. The SMILES string of the molecule is O=C1NC[C@@H](C(=O)N[C@@H](c2ccc(Cl)cc2)c2ccnc(C(F)(F)F)n2)O1. The van der Waals surface area contributed by atoms with Gasteiger partial charge < -0.3 is 15.4 Å². The Balaban J connectivity index is 1.94. The smallest absolute Gasteiger partial charge is 0.434 e. The van der Waals surface area contributed by atoms with Gasteiger partial charge in [-0.3, -0.25) is 4.79 Å². The maximum absolute atomic E-state index is 12.9. The molecule has 1 saturated heterocycles. The highest BCUT2D eigenvalue weighted by atomic mass is 35.5. The fourth-order valence-corrected chi connectivity index (χ4v) is 2.55. The molecule has 2 aromatic rings. The third-order valence-electron chi connectivity index (χ3n) is 3.69. The summed E-state index contributed by atoms with van der Waals surface area (Å²) in [4.78, 5) is 30.2. The molecule has 1 aromatic heterocycles. The number of rotatable bonds is 4. The average molecular weight is 401 g/mol. The number of nitrogens with one attached hydrogen (secondary N) is 2. The van der Waals surface area contributed by atoms with Gasteiger partial charge in [0.1, 0.15) is 0 Å². The first-order valence-electron chi connectivity index (χ1n) is 7.64. The number of ether oxygens (including phenoxy) is 1. The Morgan fingerprint density at radius 1 is 1.30 bits per heavy atom. The van der Waals surface area contributed by atoms with Gasteiger partial charge in [0.25, 0.3) is 5.91 Å². The van der Waals surface area contributed by atoms with Gasteiger partial charge in [0.2, 0.25) is 5.82 Å². The van der Waals surface area contributed by atoms with E-state index in [1.807, 2.05) is 0 Å². The second-order valence-electron chi connectivity index (χ2n) is 5.57. The van der Waals surface area contributed by atoms with Crippen LogP contribution in [0.3, 0.4) is 0 Å². The van der Waals surface area contributed by atoms with Crippen molar-refractivity contribution >= 4 is 23.6 Å². The lowest BCUT2D eigenvalue weighted by molar-refractivity contribution is -0.145. The normalized spacial score (nSPS) is 17.8. The van der Waals surface area contributed by atoms with Gasteiger partial charge in [-0.25, -0.2) is 14.8 Å². The van der Waals surface area contributed by atoms with Crippen LogP contribution in [0.2, 0.25) is 5.02 Å². The minimum atomic E-state index is -4.74. The van der Waals surface area contributed by atoms with Crippen LogP contribution in [0.25, 0.3) is 0 Å². The van der Waals surface area contributed by atoms with Crippen LogP contribution in [-0.4, -0.2) is 34.6 Å². The topological polar surface area (TPSA) is 93.2 Å². The third kappa shape index (κ3) is 4.45. The van der Waals surface area contributed by atoms with E-state index < -0.39 is 36.1 Å². The molecule has 1 fully saturated rings. The summed E-state index contributed by atoms with van der Waals surface area (Å²) in [5, 5.41) is 5.29. The van der Waals surface area contributed by atoms with Gasteiger partial charge in [-0.2, -0.15) is 13.2 Å². The summed E-state index contributed by atoms with van der Waals surface area (Å²) in [6.07, 6.45) is -5.64. The maximum atomic E-state index is 12.9. The van der Waals surface area contributed by atoms with Crippen LogP contribution < -0.4 is 10.6 Å². The highest BCUT2D eigenvalue weighted by Crippen LogP contribution is 2.28. The van der Waals surface area contributed by atoms with E-state index >= 15 is 0 Å². The van der Waals surface area contributed by atoms with Crippen molar-refractivity contribution in [3.05, 3.63) is 58.6 Å². The summed E-state index contributed by atoms with van der Waals surface area (Å²) in [6, 6.07) is 6.37. The number of hydrogen-bond donors (Lipinski definition) is 2. The van der Waals surface area contributed by atoms with Crippen molar-refractivity contribution < 1.29 is 27.5 Å². The standard InChI is InChI=1S/C16H12ClF3N4O3/c17-9-3-1-8(2-4-9)12(24-13(25)11-7-22-15(26)27-11)10-5-6-21-14(23-10)16(18,19)20/h1-6,11-12H,7H2,(H,22,26)(H,24,25)/t11-,12-/m0/s1. The Morgan fingerprint density at radius 3 is 2.59 bits per heavy atom. The van der Waals surface area contributed by atoms with Crippen LogP contribution in [0.4, 0.5) is 18.0 Å². The first-order valence-corrected chi connectivity index (χ1v) is 8.02. The molecule has 1 aliphatic rings. The molecular weight excluding hydrogens is 389 g/mol. The molecule has 0 unspecified atom stereocenters. The lowest BCUT2D eigenvalue weighted by atomic mass is 10.0. The van der Waals surface area contributed by atoms with Crippen LogP contribution in [-0.2, 0) is 15.7 Å². The van der Waals surface area contributed by atoms with Crippen LogP contribution >= 0.6 is 11.6 Å². The fraction of sp³-hybridized carbons (Fsp3) is 0.250. The predicted molar refractivity (Wildman–Crippen MR) is 86.7 cm³/mol. The van der Waals surface area contributed by atoms with E-state index in [1.54, 1.807) is 12.1 Å². The Kier molecular flexibility index (Phi) is 5.17. The summed E-state index contributed by atoms with van der Waals surface area (Å²) >= 11 is 5.85. The van der Waals surface area contributed by atoms with Gasteiger partial charge in [0, 0.05) is 11.2 Å². The zero-order valence-electron chi connectivity index (χ0n) is 13.5. The molecule has 0 saturated carbocycles. The monoisotopic (exact) mass is 400 g/mol. The van der Waals surface area contributed by atoms with Crippen molar-refractivity contribution in [3.63, 3.8) is 0 Å². The number of carbonyl (C=O) groups excluding carboxylic acids is 2. The van der Waals surface area contributed by atoms with Crippen molar-refractivity contribution in [2.75, 3.05) is 6.54 Å². The Bertz CT molecular complexity index is 861. The first-order chi connectivity index (χ1) is 12.7. The van der Waals surface area contributed by atoms with Gasteiger partial charge in [-0.15, -0.1) is 0 Å². The van der Waals surface area contributed by atoms with Gasteiger partial charge in [-0.1, -0.05) is 23.7 Å². The first kappa shape index (κ1) is 18.9. The number of hydrogen-bond acceptors (Lipinski definition) is 5. The number of alkyl carbamates (subject to hydrolysis) is 1. The molecular formula is C16H12ClF3N4O3. The number of cyclic esters (lactones) is 1. The molecule has 1 aliphatic heterocycles. The molecule has 0 spiro atoms. The van der Waals surface area contributed by atoms with Crippen LogP contribution in [0.5, 0.6) is 0 Å². The van der Waals surface area contributed by atoms with E-state index in [-0.39, 0.29) is 12.2 Å². The third-order valence-corrected chi connectivity index (χ3v) is 3.94. The highest BCUT2D eigenvalue weighted by molar-refractivity contribution is 6.30. The predicted octanol–water partition coefficient (Wildman–Crippen LogP) is 2.46. The molecule has 2 heterocycles. The van der Waals surface area contributed by atoms with Crippen molar-refractivity contribution in [1.82, 2.24) is 20.6 Å². The molecule has 2 N–H and O–H groups in total. The summed E-state index contributed by atoms with van der Waals surface area (Å²) in [6.45, 7) is -0.0461. The molecule has 7 nitrogen and oxygen atoms in total. The molecule has 142 valence electrons. The molecule has 2 amide bonds. The number of amides is 2. The molecule has 0 radical (unpaired) electrons. The van der Waals surface area contributed by atoms with E-state index in [0.29, 0.717) is 10.6 Å². The van der Waals surface area contributed by atoms with E-state index in [9.17, 15) is 22.8 Å².